The Labute approximate surface area is 120 Å². The lowest BCUT2D eigenvalue weighted by molar-refractivity contribution is 0.0463. The molecule has 1 atom stereocenters. The second-order valence-electron chi connectivity index (χ2n) is 6.46. The van der Waals surface area contributed by atoms with Gasteiger partial charge in [-0.05, 0) is 46.6 Å². The SMILES string of the molecule is CC(NC1CC(NC(=O)OC(C)(C)C)C1)c1ccoc1. The molecule has 2 rings (SSSR count). The van der Waals surface area contributed by atoms with Crippen LogP contribution in [0.5, 0.6) is 0 Å². The zero-order chi connectivity index (χ0) is 14.8. The van der Waals surface area contributed by atoms with Crippen molar-refractivity contribution in [2.24, 2.45) is 0 Å². The second-order valence-corrected chi connectivity index (χ2v) is 6.46. The minimum absolute atomic E-state index is 0.207. The number of carbonyl (C=O) groups excluding carboxylic acids is 1. The van der Waals surface area contributed by atoms with E-state index in [9.17, 15) is 4.79 Å². The summed E-state index contributed by atoms with van der Waals surface area (Å²) in [4.78, 5) is 11.6. The van der Waals surface area contributed by atoms with Crippen LogP contribution in [0.1, 0.15) is 52.1 Å². The van der Waals surface area contributed by atoms with E-state index >= 15 is 0 Å². The van der Waals surface area contributed by atoms with E-state index in [1.54, 1.807) is 12.5 Å². The van der Waals surface area contributed by atoms with E-state index in [1.165, 1.54) is 0 Å². The highest BCUT2D eigenvalue weighted by Crippen LogP contribution is 2.24. The molecule has 0 saturated heterocycles. The Morgan fingerprint density at radius 2 is 2.10 bits per heavy atom. The second kappa shape index (κ2) is 5.87. The monoisotopic (exact) mass is 280 g/mol. The number of rotatable bonds is 4. The number of nitrogens with one attached hydrogen (secondary N) is 2. The lowest BCUT2D eigenvalue weighted by atomic mass is 9.86. The van der Waals surface area contributed by atoms with Gasteiger partial charge in [0.15, 0.2) is 0 Å². The van der Waals surface area contributed by atoms with Gasteiger partial charge in [-0.1, -0.05) is 0 Å². The Morgan fingerprint density at radius 1 is 1.40 bits per heavy atom. The Balaban J connectivity index is 1.66. The normalized spacial score (nSPS) is 23.8. The Morgan fingerprint density at radius 3 is 2.65 bits per heavy atom. The molecule has 5 nitrogen and oxygen atoms in total. The third-order valence-corrected chi connectivity index (χ3v) is 3.39. The molecule has 1 heterocycles. The zero-order valence-electron chi connectivity index (χ0n) is 12.6. The lowest BCUT2D eigenvalue weighted by Gasteiger charge is -2.38. The number of ether oxygens (including phenoxy) is 1. The van der Waals surface area contributed by atoms with Gasteiger partial charge < -0.3 is 19.8 Å². The standard InChI is InChI=1S/C15H24N2O3/c1-10(11-5-6-19-9-11)16-12-7-13(8-12)17-14(18)20-15(2,3)4/h5-6,9-10,12-13,16H,7-8H2,1-4H3,(H,17,18). The van der Waals surface area contributed by atoms with Gasteiger partial charge in [0.1, 0.15) is 5.60 Å². The van der Waals surface area contributed by atoms with E-state index in [2.05, 4.69) is 17.6 Å². The summed E-state index contributed by atoms with van der Waals surface area (Å²) < 4.78 is 10.3. The van der Waals surface area contributed by atoms with Gasteiger partial charge in [-0.3, -0.25) is 0 Å². The van der Waals surface area contributed by atoms with Crippen molar-refractivity contribution in [1.82, 2.24) is 10.6 Å². The van der Waals surface area contributed by atoms with Crippen LogP contribution in [0.15, 0.2) is 23.0 Å². The Kier molecular flexibility index (Phi) is 4.38. The van der Waals surface area contributed by atoms with Crippen LogP contribution in [0.3, 0.4) is 0 Å². The fraction of sp³-hybridized carbons (Fsp3) is 0.667. The largest absolute Gasteiger partial charge is 0.472 e. The maximum atomic E-state index is 11.6. The molecule has 0 aromatic carbocycles. The lowest BCUT2D eigenvalue weighted by Crippen LogP contribution is -2.53. The number of amides is 1. The van der Waals surface area contributed by atoms with Crippen LogP contribution in [0.25, 0.3) is 0 Å². The molecule has 1 aliphatic rings. The molecule has 1 aromatic heterocycles. The summed E-state index contributed by atoms with van der Waals surface area (Å²) >= 11 is 0. The number of furan rings is 1. The fourth-order valence-corrected chi connectivity index (χ4v) is 2.32. The van der Waals surface area contributed by atoms with Gasteiger partial charge in [-0.15, -0.1) is 0 Å². The first-order valence-electron chi connectivity index (χ1n) is 7.11. The van der Waals surface area contributed by atoms with Crippen molar-refractivity contribution < 1.29 is 13.9 Å². The minimum atomic E-state index is -0.443. The topological polar surface area (TPSA) is 63.5 Å². The number of carbonyl (C=O) groups is 1. The molecular weight excluding hydrogens is 256 g/mol. The maximum Gasteiger partial charge on any atom is 0.407 e. The van der Waals surface area contributed by atoms with E-state index in [-0.39, 0.29) is 18.2 Å². The van der Waals surface area contributed by atoms with E-state index in [0.717, 1.165) is 18.4 Å². The smallest absolute Gasteiger partial charge is 0.407 e. The summed E-state index contributed by atoms with van der Waals surface area (Å²) in [7, 11) is 0. The molecule has 5 heteroatoms. The minimum Gasteiger partial charge on any atom is -0.472 e. The van der Waals surface area contributed by atoms with Crippen LogP contribution >= 0.6 is 0 Å². The van der Waals surface area contributed by atoms with Gasteiger partial charge in [0, 0.05) is 23.7 Å². The molecule has 0 spiro atoms. The molecule has 1 unspecified atom stereocenters. The first-order valence-corrected chi connectivity index (χ1v) is 7.11. The van der Waals surface area contributed by atoms with E-state index < -0.39 is 5.60 Å². The van der Waals surface area contributed by atoms with Crippen LogP contribution in [0, 0.1) is 0 Å². The first kappa shape index (κ1) is 14.9. The van der Waals surface area contributed by atoms with Crippen molar-refractivity contribution in [3.8, 4) is 0 Å². The molecule has 0 bridgehead atoms. The van der Waals surface area contributed by atoms with Crippen LogP contribution in [0.4, 0.5) is 4.79 Å². The van der Waals surface area contributed by atoms with Gasteiger partial charge in [-0.25, -0.2) is 4.79 Å². The third-order valence-electron chi connectivity index (χ3n) is 3.39. The highest BCUT2D eigenvalue weighted by molar-refractivity contribution is 5.68. The van der Waals surface area contributed by atoms with Crippen molar-refractivity contribution in [3.05, 3.63) is 24.2 Å². The molecule has 0 radical (unpaired) electrons. The van der Waals surface area contributed by atoms with Gasteiger partial charge in [0.25, 0.3) is 0 Å². The Bertz CT molecular complexity index is 430. The average molecular weight is 280 g/mol. The van der Waals surface area contributed by atoms with E-state index in [4.69, 9.17) is 9.15 Å². The van der Waals surface area contributed by atoms with E-state index in [0.29, 0.717) is 6.04 Å². The van der Waals surface area contributed by atoms with Crippen molar-refractivity contribution in [3.63, 3.8) is 0 Å². The number of hydrogen-bond donors (Lipinski definition) is 2. The van der Waals surface area contributed by atoms with Crippen molar-refractivity contribution >= 4 is 6.09 Å². The van der Waals surface area contributed by atoms with Crippen LogP contribution in [-0.2, 0) is 4.74 Å². The molecule has 1 fully saturated rings. The predicted octanol–water partition coefficient (Wildman–Crippen LogP) is 2.99. The summed E-state index contributed by atoms with van der Waals surface area (Å²) in [5.74, 6) is 0. The van der Waals surface area contributed by atoms with Gasteiger partial charge >= 0.3 is 6.09 Å². The van der Waals surface area contributed by atoms with Gasteiger partial charge in [0.05, 0.1) is 12.5 Å². The van der Waals surface area contributed by atoms with Gasteiger partial charge in [-0.2, -0.15) is 0 Å². The highest BCUT2D eigenvalue weighted by Gasteiger charge is 2.32. The van der Waals surface area contributed by atoms with Crippen molar-refractivity contribution in [2.45, 2.75) is 64.3 Å². The highest BCUT2D eigenvalue weighted by atomic mass is 16.6. The van der Waals surface area contributed by atoms with Crippen LogP contribution in [-0.4, -0.2) is 23.8 Å². The molecule has 1 amide bonds. The summed E-state index contributed by atoms with van der Waals surface area (Å²) in [6.45, 7) is 7.71. The molecular formula is C15H24N2O3. The number of alkyl carbamates (subject to hydrolysis) is 1. The molecule has 2 N–H and O–H groups in total. The molecule has 1 aromatic rings. The average Bonchev–Trinajstić information content (AvgIpc) is 2.76. The van der Waals surface area contributed by atoms with Crippen molar-refractivity contribution in [1.29, 1.82) is 0 Å². The van der Waals surface area contributed by atoms with Crippen LogP contribution in [0.2, 0.25) is 0 Å². The summed E-state index contributed by atoms with van der Waals surface area (Å²) in [6, 6.07) is 2.87. The molecule has 112 valence electrons. The molecule has 1 saturated carbocycles. The quantitative estimate of drug-likeness (QED) is 0.890. The first-order chi connectivity index (χ1) is 9.33. The van der Waals surface area contributed by atoms with Gasteiger partial charge in [0.2, 0.25) is 0 Å². The fourth-order valence-electron chi connectivity index (χ4n) is 2.32. The molecule has 0 aliphatic heterocycles. The zero-order valence-corrected chi connectivity index (χ0v) is 12.6. The van der Waals surface area contributed by atoms with Crippen molar-refractivity contribution in [2.75, 3.05) is 0 Å². The summed E-state index contributed by atoms with van der Waals surface area (Å²) in [5.41, 5.74) is 0.704. The number of hydrogen-bond acceptors (Lipinski definition) is 4. The third kappa shape index (κ3) is 4.27. The maximum absolute atomic E-state index is 11.6. The molecule has 1 aliphatic carbocycles. The summed E-state index contributed by atoms with van der Waals surface area (Å²) in [5, 5.41) is 6.41. The summed E-state index contributed by atoms with van der Waals surface area (Å²) in [6.07, 6.45) is 4.97. The molecule has 20 heavy (non-hydrogen) atoms. The Hall–Kier alpha value is -1.49. The van der Waals surface area contributed by atoms with Crippen LogP contribution < -0.4 is 10.6 Å². The van der Waals surface area contributed by atoms with E-state index in [1.807, 2.05) is 26.8 Å². The predicted molar refractivity (Wildman–Crippen MR) is 76.4 cm³/mol.